The van der Waals surface area contributed by atoms with Crippen LogP contribution in [0.25, 0.3) is 0 Å². The van der Waals surface area contributed by atoms with Gasteiger partial charge in [0.05, 0.1) is 6.04 Å². The number of carboxylic acid groups (broad SMARTS) is 1. The largest absolute Gasteiger partial charge is 1.00 e. The molecule has 0 radical (unpaired) electrons. The molecule has 1 heterocycles. The molecule has 0 aliphatic carbocycles. The first kappa shape index (κ1) is 18.6. The number of hydrogen-bond acceptors (Lipinski definition) is 7. The summed E-state index contributed by atoms with van der Waals surface area (Å²) in [6, 6.07) is -1.68. The van der Waals surface area contributed by atoms with E-state index in [0.29, 0.717) is 0 Å². The summed E-state index contributed by atoms with van der Waals surface area (Å²) >= 11 is 0. The van der Waals surface area contributed by atoms with E-state index < -0.39 is 34.5 Å². The Morgan fingerprint density at radius 3 is 2.42 bits per heavy atom. The number of amides is 2. The van der Waals surface area contributed by atoms with Gasteiger partial charge in [0, 0.05) is 6.54 Å². The SMILES string of the molecule is NC(=O)[C@@H]1CC[C@@H](NOS(=O)(=O)[O-])CN1C(=O)O.[Na+]. The van der Waals surface area contributed by atoms with Crippen molar-refractivity contribution in [3.8, 4) is 0 Å². The second kappa shape index (κ2) is 7.38. The summed E-state index contributed by atoms with van der Waals surface area (Å²) in [6.45, 7) is -0.210. The maximum Gasteiger partial charge on any atom is 1.00 e. The van der Waals surface area contributed by atoms with E-state index in [0.717, 1.165) is 4.90 Å². The van der Waals surface area contributed by atoms with Crippen LogP contribution in [0, 0.1) is 0 Å². The Hall–Kier alpha value is -0.430. The van der Waals surface area contributed by atoms with Crippen LogP contribution in [-0.2, 0) is 19.5 Å². The molecule has 0 saturated carbocycles. The Kier molecular flexibility index (Phi) is 7.21. The number of hydroxylamine groups is 1. The van der Waals surface area contributed by atoms with E-state index in [-0.39, 0.29) is 48.9 Å². The number of nitrogens with zero attached hydrogens (tertiary/aromatic N) is 1. The minimum absolute atomic E-state index is 0. The second-order valence-electron chi connectivity index (χ2n) is 3.74. The Morgan fingerprint density at radius 2 is 2.00 bits per heavy atom. The van der Waals surface area contributed by atoms with Crippen molar-refractivity contribution in [3.63, 3.8) is 0 Å². The summed E-state index contributed by atoms with van der Waals surface area (Å²) in [5.74, 6) is -0.784. The summed E-state index contributed by atoms with van der Waals surface area (Å²) in [6.07, 6.45) is -1.01. The molecule has 4 N–H and O–H groups in total. The van der Waals surface area contributed by atoms with Crippen molar-refractivity contribution >= 4 is 22.4 Å². The van der Waals surface area contributed by atoms with Crippen molar-refractivity contribution < 1.29 is 61.5 Å². The Labute approximate surface area is 131 Å². The second-order valence-corrected chi connectivity index (χ2v) is 4.72. The molecule has 1 aliphatic heterocycles. The average molecular weight is 305 g/mol. The number of hydrogen-bond donors (Lipinski definition) is 3. The molecule has 104 valence electrons. The van der Waals surface area contributed by atoms with Crippen LogP contribution >= 0.6 is 0 Å². The van der Waals surface area contributed by atoms with Crippen molar-refractivity contribution in [3.05, 3.63) is 0 Å². The van der Waals surface area contributed by atoms with Gasteiger partial charge >= 0.3 is 35.7 Å². The smallest absolute Gasteiger partial charge is 0.724 e. The normalized spacial score (nSPS) is 23.5. The molecule has 0 aromatic heterocycles. The van der Waals surface area contributed by atoms with Gasteiger partial charge in [0.1, 0.15) is 6.04 Å². The fourth-order valence-corrected chi connectivity index (χ4v) is 1.96. The summed E-state index contributed by atoms with van der Waals surface area (Å²) in [5.41, 5.74) is 6.99. The molecule has 10 nitrogen and oxygen atoms in total. The van der Waals surface area contributed by atoms with Crippen LogP contribution in [0.3, 0.4) is 0 Å². The fourth-order valence-electron chi connectivity index (χ4n) is 1.70. The number of primary amides is 1. The molecule has 19 heavy (non-hydrogen) atoms. The van der Waals surface area contributed by atoms with Crippen molar-refractivity contribution in [2.45, 2.75) is 24.9 Å². The number of carbonyl (C=O) groups excluding carboxylic acids is 1. The third-order valence-electron chi connectivity index (χ3n) is 2.47. The molecule has 2 atom stereocenters. The molecule has 0 spiro atoms. The Morgan fingerprint density at radius 1 is 1.42 bits per heavy atom. The van der Waals surface area contributed by atoms with E-state index in [2.05, 4.69) is 4.28 Å². The first-order valence-electron chi connectivity index (χ1n) is 4.89. The number of nitrogens with two attached hydrogens (primary N) is 1. The standard InChI is InChI=1S/C7H13N3O7S.Na/c8-6(11)5-2-1-4(3-10(5)7(12)13)9-17-18(14,15)16;/h4-5,9H,1-3H2,(H2,8,11)(H,12,13)(H,14,15,16);/q;+1/p-1/t4-,5+;/m1./s1. The van der Waals surface area contributed by atoms with Crippen LogP contribution in [-0.4, -0.2) is 53.6 Å². The van der Waals surface area contributed by atoms with Gasteiger partial charge in [-0.2, -0.15) is 9.76 Å². The predicted octanol–water partition coefficient (Wildman–Crippen LogP) is -5.03. The van der Waals surface area contributed by atoms with Crippen LogP contribution < -0.4 is 40.8 Å². The van der Waals surface area contributed by atoms with Gasteiger partial charge < -0.3 is 15.4 Å². The summed E-state index contributed by atoms with van der Waals surface area (Å²) in [7, 11) is -4.91. The fraction of sp³-hybridized carbons (Fsp3) is 0.714. The number of nitrogens with one attached hydrogen (secondary N) is 1. The van der Waals surface area contributed by atoms with Gasteiger partial charge in [0.25, 0.3) is 0 Å². The van der Waals surface area contributed by atoms with E-state index in [1.165, 1.54) is 0 Å². The topological polar surface area (TPSA) is 162 Å². The Bertz CT molecular complexity index is 442. The third kappa shape index (κ3) is 6.03. The summed E-state index contributed by atoms with van der Waals surface area (Å²) in [4.78, 5) is 22.7. The van der Waals surface area contributed by atoms with Gasteiger partial charge in [0.2, 0.25) is 16.3 Å². The molecule has 0 aromatic carbocycles. The molecule has 0 unspecified atom stereocenters. The monoisotopic (exact) mass is 305 g/mol. The molecular weight excluding hydrogens is 293 g/mol. The maximum absolute atomic E-state index is 11.0. The number of carbonyl (C=O) groups is 2. The van der Waals surface area contributed by atoms with Crippen molar-refractivity contribution in [1.29, 1.82) is 0 Å². The quantitative estimate of drug-likeness (QED) is 0.201. The maximum atomic E-state index is 11.0. The average Bonchev–Trinajstić information content (AvgIpc) is 2.24. The van der Waals surface area contributed by atoms with Crippen molar-refractivity contribution in [2.75, 3.05) is 6.54 Å². The molecule has 1 saturated heterocycles. The molecule has 0 aromatic rings. The zero-order chi connectivity index (χ0) is 13.9. The molecule has 0 bridgehead atoms. The zero-order valence-electron chi connectivity index (χ0n) is 10.1. The van der Waals surface area contributed by atoms with Gasteiger partial charge in [-0.15, -0.1) is 0 Å². The molecule has 12 heteroatoms. The van der Waals surface area contributed by atoms with E-state index in [1.54, 1.807) is 0 Å². The summed E-state index contributed by atoms with van der Waals surface area (Å²) < 4.78 is 34.5. The minimum Gasteiger partial charge on any atom is -0.724 e. The van der Waals surface area contributed by atoms with Crippen LogP contribution in [0.1, 0.15) is 12.8 Å². The van der Waals surface area contributed by atoms with Gasteiger partial charge in [-0.25, -0.2) is 13.2 Å². The van der Waals surface area contributed by atoms with E-state index in [1.807, 2.05) is 5.48 Å². The molecule has 1 rings (SSSR count). The van der Waals surface area contributed by atoms with Crippen molar-refractivity contribution in [2.24, 2.45) is 5.73 Å². The number of likely N-dealkylation sites (tertiary alicyclic amines) is 1. The van der Waals surface area contributed by atoms with Gasteiger partial charge in [-0.1, -0.05) is 0 Å². The van der Waals surface area contributed by atoms with Gasteiger partial charge in [-0.05, 0) is 12.8 Å². The van der Waals surface area contributed by atoms with Crippen LogP contribution in [0.5, 0.6) is 0 Å². The van der Waals surface area contributed by atoms with Gasteiger partial charge in [0.15, 0.2) is 0 Å². The van der Waals surface area contributed by atoms with Crippen molar-refractivity contribution in [1.82, 2.24) is 10.4 Å². The van der Waals surface area contributed by atoms with Crippen LogP contribution in [0.4, 0.5) is 4.79 Å². The Balaban J connectivity index is 0.00000324. The molecular formula is C7H12N3NaO7S. The molecule has 1 aliphatic rings. The van der Waals surface area contributed by atoms with E-state index in [4.69, 9.17) is 10.8 Å². The number of piperidine rings is 1. The van der Waals surface area contributed by atoms with E-state index >= 15 is 0 Å². The summed E-state index contributed by atoms with van der Waals surface area (Å²) in [5, 5.41) is 8.87. The van der Waals surface area contributed by atoms with Gasteiger partial charge in [-0.3, -0.25) is 9.69 Å². The van der Waals surface area contributed by atoms with Crippen LogP contribution in [0.2, 0.25) is 0 Å². The first-order chi connectivity index (χ1) is 8.20. The minimum atomic E-state index is -4.91. The van der Waals surface area contributed by atoms with E-state index in [9.17, 15) is 22.6 Å². The number of rotatable bonds is 4. The predicted molar refractivity (Wildman–Crippen MR) is 54.7 cm³/mol. The molecule has 1 fully saturated rings. The third-order valence-corrected chi connectivity index (χ3v) is 2.77. The van der Waals surface area contributed by atoms with Crippen LogP contribution in [0.15, 0.2) is 0 Å². The first-order valence-corrected chi connectivity index (χ1v) is 6.22. The zero-order valence-corrected chi connectivity index (χ0v) is 12.9. The molecule has 2 amide bonds.